The Morgan fingerprint density at radius 3 is 2.96 bits per heavy atom. The van der Waals surface area contributed by atoms with Gasteiger partial charge in [0, 0.05) is 51.2 Å². The van der Waals surface area contributed by atoms with E-state index in [2.05, 4.69) is 30.4 Å². The molecule has 0 amide bonds. The van der Waals surface area contributed by atoms with Crippen LogP contribution in [0.2, 0.25) is 0 Å². The molecule has 1 saturated heterocycles. The van der Waals surface area contributed by atoms with Gasteiger partial charge in [0.2, 0.25) is 5.95 Å². The van der Waals surface area contributed by atoms with Crippen LogP contribution in [-0.4, -0.2) is 53.4 Å². The van der Waals surface area contributed by atoms with Gasteiger partial charge < -0.3 is 15.1 Å². The van der Waals surface area contributed by atoms with Crippen molar-refractivity contribution < 1.29 is 0 Å². The predicted molar refractivity (Wildman–Crippen MR) is 92.0 cm³/mol. The maximum Gasteiger partial charge on any atom is 0.224 e. The third kappa shape index (κ3) is 3.67. The SMILES string of the molecule is Cc1cc(N(C)C)nc(NC[C@@H]2CCCN2c2cccnn2)n1. The number of anilines is 3. The van der Waals surface area contributed by atoms with Gasteiger partial charge in [-0.1, -0.05) is 0 Å². The minimum atomic E-state index is 0.388. The normalized spacial score (nSPS) is 17.3. The van der Waals surface area contributed by atoms with Crippen molar-refractivity contribution in [3.05, 3.63) is 30.1 Å². The maximum atomic E-state index is 4.55. The average Bonchev–Trinajstić information content (AvgIpc) is 3.02. The molecule has 0 saturated carbocycles. The summed E-state index contributed by atoms with van der Waals surface area (Å²) < 4.78 is 0. The Hall–Kier alpha value is -2.44. The summed E-state index contributed by atoms with van der Waals surface area (Å²) in [5.41, 5.74) is 0.961. The maximum absolute atomic E-state index is 4.55. The lowest BCUT2D eigenvalue weighted by Gasteiger charge is -2.25. The third-order valence-corrected chi connectivity index (χ3v) is 4.02. The monoisotopic (exact) mass is 313 g/mol. The summed E-state index contributed by atoms with van der Waals surface area (Å²) in [6.07, 6.45) is 4.01. The lowest BCUT2D eigenvalue weighted by molar-refractivity contribution is 0.683. The molecule has 0 spiro atoms. The minimum absolute atomic E-state index is 0.388. The Labute approximate surface area is 136 Å². The van der Waals surface area contributed by atoms with Crippen LogP contribution in [0, 0.1) is 6.92 Å². The smallest absolute Gasteiger partial charge is 0.224 e. The first kappa shape index (κ1) is 15.5. The van der Waals surface area contributed by atoms with Crippen LogP contribution < -0.4 is 15.1 Å². The van der Waals surface area contributed by atoms with Crippen molar-refractivity contribution in [3.63, 3.8) is 0 Å². The summed E-state index contributed by atoms with van der Waals surface area (Å²) in [5, 5.41) is 11.6. The summed E-state index contributed by atoms with van der Waals surface area (Å²) in [6.45, 7) is 3.80. The second-order valence-corrected chi connectivity index (χ2v) is 6.04. The van der Waals surface area contributed by atoms with Gasteiger partial charge in [-0.2, -0.15) is 10.1 Å². The molecular formula is C16H23N7. The highest BCUT2D eigenvalue weighted by Gasteiger charge is 2.25. The predicted octanol–water partition coefficient (Wildman–Crippen LogP) is 1.72. The highest BCUT2D eigenvalue weighted by Crippen LogP contribution is 2.23. The van der Waals surface area contributed by atoms with Gasteiger partial charge in [-0.05, 0) is 31.9 Å². The molecule has 2 aromatic heterocycles. The van der Waals surface area contributed by atoms with E-state index in [1.807, 2.05) is 44.1 Å². The zero-order valence-corrected chi connectivity index (χ0v) is 13.9. The molecule has 1 atom stereocenters. The summed E-state index contributed by atoms with van der Waals surface area (Å²) in [6, 6.07) is 6.31. The van der Waals surface area contributed by atoms with E-state index < -0.39 is 0 Å². The molecule has 0 radical (unpaired) electrons. The zero-order chi connectivity index (χ0) is 16.2. The highest BCUT2D eigenvalue weighted by molar-refractivity contribution is 5.44. The van der Waals surface area contributed by atoms with Crippen molar-refractivity contribution in [1.29, 1.82) is 0 Å². The summed E-state index contributed by atoms with van der Waals surface area (Å²) in [5.74, 6) is 2.54. The highest BCUT2D eigenvalue weighted by atomic mass is 15.3. The van der Waals surface area contributed by atoms with Gasteiger partial charge in [0.15, 0.2) is 5.82 Å². The standard InChI is InChI=1S/C16H23N7/c1-12-10-15(22(2)3)20-16(19-12)17-11-13-6-5-9-23(13)14-7-4-8-18-21-14/h4,7-8,10,13H,5-6,9,11H2,1-3H3,(H,17,19,20)/t13-/m0/s1. The molecule has 0 aliphatic carbocycles. The van der Waals surface area contributed by atoms with E-state index in [0.717, 1.165) is 36.8 Å². The van der Waals surface area contributed by atoms with E-state index in [-0.39, 0.29) is 0 Å². The molecule has 2 aromatic rings. The van der Waals surface area contributed by atoms with Crippen LogP contribution >= 0.6 is 0 Å². The Kier molecular flexibility index (Phi) is 4.55. The van der Waals surface area contributed by atoms with Gasteiger partial charge in [0.05, 0.1) is 0 Å². The van der Waals surface area contributed by atoms with Gasteiger partial charge in [-0.25, -0.2) is 4.98 Å². The quantitative estimate of drug-likeness (QED) is 0.901. The largest absolute Gasteiger partial charge is 0.363 e. The number of aryl methyl sites for hydroxylation is 1. The summed E-state index contributed by atoms with van der Waals surface area (Å²) >= 11 is 0. The first-order valence-corrected chi connectivity index (χ1v) is 7.95. The molecule has 23 heavy (non-hydrogen) atoms. The summed E-state index contributed by atoms with van der Waals surface area (Å²) in [4.78, 5) is 13.3. The second kappa shape index (κ2) is 6.76. The fourth-order valence-electron chi connectivity index (χ4n) is 2.87. The number of hydrogen-bond donors (Lipinski definition) is 1. The molecule has 1 N–H and O–H groups in total. The lowest BCUT2D eigenvalue weighted by atomic mass is 10.2. The van der Waals surface area contributed by atoms with Crippen molar-refractivity contribution in [1.82, 2.24) is 20.2 Å². The topological polar surface area (TPSA) is 70.1 Å². The zero-order valence-electron chi connectivity index (χ0n) is 13.9. The van der Waals surface area contributed by atoms with Crippen molar-refractivity contribution in [2.24, 2.45) is 0 Å². The van der Waals surface area contributed by atoms with E-state index in [4.69, 9.17) is 0 Å². The van der Waals surface area contributed by atoms with E-state index in [9.17, 15) is 0 Å². The number of nitrogens with zero attached hydrogens (tertiary/aromatic N) is 6. The van der Waals surface area contributed by atoms with Crippen molar-refractivity contribution in [2.75, 3.05) is 42.3 Å². The van der Waals surface area contributed by atoms with Crippen LogP contribution in [0.3, 0.4) is 0 Å². The molecule has 0 unspecified atom stereocenters. The van der Waals surface area contributed by atoms with Crippen molar-refractivity contribution >= 4 is 17.6 Å². The first-order valence-electron chi connectivity index (χ1n) is 7.95. The minimum Gasteiger partial charge on any atom is -0.363 e. The van der Waals surface area contributed by atoms with Crippen LogP contribution in [-0.2, 0) is 0 Å². The Balaban J connectivity index is 1.68. The number of rotatable bonds is 5. The third-order valence-electron chi connectivity index (χ3n) is 4.02. The fourth-order valence-corrected chi connectivity index (χ4v) is 2.87. The Bertz CT molecular complexity index is 644. The van der Waals surface area contributed by atoms with Gasteiger partial charge in [-0.3, -0.25) is 0 Å². The Morgan fingerprint density at radius 1 is 1.35 bits per heavy atom. The second-order valence-electron chi connectivity index (χ2n) is 6.04. The van der Waals surface area contributed by atoms with E-state index >= 15 is 0 Å². The van der Waals surface area contributed by atoms with Crippen LogP contribution in [0.25, 0.3) is 0 Å². The van der Waals surface area contributed by atoms with Gasteiger partial charge in [-0.15, -0.1) is 5.10 Å². The van der Waals surface area contributed by atoms with E-state index in [1.165, 1.54) is 6.42 Å². The molecule has 7 nitrogen and oxygen atoms in total. The molecule has 1 aliphatic heterocycles. The van der Waals surface area contributed by atoms with Crippen molar-refractivity contribution in [3.8, 4) is 0 Å². The number of nitrogens with one attached hydrogen (secondary N) is 1. The lowest BCUT2D eigenvalue weighted by Crippen LogP contribution is -2.36. The molecule has 0 aromatic carbocycles. The average molecular weight is 313 g/mol. The van der Waals surface area contributed by atoms with Crippen LogP contribution in [0.4, 0.5) is 17.6 Å². The van der Waals surface area contributed by atoms with Gasteiger partial charge in [0.25, 0.3) is 0 Å². The van der Waals surface area contributed by atoms with Crippen molar-refractivity contribution in [2.45, 2.75) is 25.8 Å². The molecular weight excluding hydrogens is 290 g/mol. The van der Waals surface area contributed by atoms with Gasteiger partial charge in [0.1, 0.15) is 5.82 Å². The van der Waals surface area contributed by atoms with Crippen LogP contribution in [0.5, 0.6) is 0 Å². The van der Waals surface area contributed by atoms with Crippen LogP contribution in [0.15, 0.2) is 24.4 Å². The molecule has 122 valence electrons. The molecule has 3 heterocycles. The molecule has 1 fully saturated rings. The Morgan fingerprint density at radius 2 is 2.22 bits per heavy atom. The fraction of sp³-hybridized carbons (Fsp3) is 0.500. The first-order chi connectivity index (χ1) is 11.1. The van der Waals surface area contributed by atoms with Gasteiger partial charge >= 0.3 is 0 Å². The summed E-state index contributed by atoms with van der Waals surface area (Å²) in [7, 11) is 3.97. The number of hydrogen-bond acceptors (Lipinski definition) is 7. The van der Waals surface area contributed by atoms with E-state index in [0.29, 0.717) is 12.0 Å². The van der Waals surface area contributed by atoms with E-state index in [1.54, 1.807) is 6.20 Å². The molecule has 1 aliphatic rings. The molecule has 3 rings (SSSR count). The number of aromatic nitrogens is 4. The molecule has 7 heteroatoms. The van der Waals surface area contributed by atoms with Crippen LogP contribution in [0.1, 0.15) is 18.5 Å². The molecule has 0 bridgehead atoms.